The van der Waals surface area contributed by atoms with Crippen LogP contribution in [0.5, 0.6) is 0 Å². The first-order chi connectivity index (χ1) is 7.79. The molecule has 0 aromatic carbocycles. The van der Waals surface area contributed by atoms with Crippen LogP contribution in [0.1, 0.15) is 39.0 Å². The van der Waals surface area contributed by atoms with Gasteiger partial charge in [0.2, 0.25) is 5.91 Å². The first-order valence-corrected chi connectivity index (χ1v) is 6.78. The summed E-state index contributed by atoms with van der Waals surface area (Å²) in [6, 6.07) is 0. The van der Waals surface area contributed by atoms with E-state index in [1.54, 1.807) is 0 Å². The second kappa shape index (κ2) is 5.67. The molecule has 0 aliphatic carbocycles. The molecule has 0 bridgehead atoms. The van der Waals surface area contributed by atoms with Crippen LogP contribution in [0, 0.1) is 11.8 Å². The summed E-state index contributed by atoms with van der Waals surface area (Å²) in [4.78, 5) is 13.8. The van der Waals surface area contributed by atoms with Crippen LogP contribution < -0.4 is 5.32 Å². The van der Waals surface area contributed by atoms with E-state index in [-0.39, 0.29) is 0 Å². The standard InChI is InChI=1S/C13H24N2O/c1-2-11-8-13(16)15(10-11)7-5-12-4-3-6-14-9-12/h11-12,14H,2-10H2,1H3. The summed E-state index contributed by atoms with van der Waals surface area (Å²) >= 11 is 0. The van der Waals surface area contributed by atoms with Gasteiger partial charge in [-0.05, 0) is 44.2 Å². The van der Waals surface area contributed by atoms with Crippen molar-refractivity contribution in [2.75, 3.05) is 26.2 Å². The zero-order chi connectivity index (χ0) is 11.4. The maximum absolute atomic E-state index is 11.7. The number of rotatable bonds is 4. The predicted octanol–water partition coefficient (Wildman–Crippen LogP) is 1.63. The molecule has 0 aromatic heterocycles. The lowest BCUT2D eigenvalue weighted by molar-refractivity contribution is -0.127. The van der Waals surface area contributed by atoms with Crippen molar-refractivity contribution in [1.82, 2.24) is 10.2 Å². The third-order valence-corrected chi connectivity index (χ3v) is 4.08. The first-order valence-electron chi connectivity index (χ1n) is 6.78. The average molecular weight is 224 g/mol. The van der Waals surface area contributed by atoms with E-state index in [1.165, 1.54) is 25.8 Å². The van der Waals surface area contributed by atoms with E-state index in [1.807, 2.05) is 0 Å². The fraction of sp³-hybridized carbons (Fsp3) is 0.923. The maximum atomic E-state index is 11.7. The molecular weight excluding hydrogens is 200 g/mol. The van der Waals surface area contributed by atoms with Gasteiger partial charge in [0.15, 0.2) is 0 Å². The number of nitrogens with one attached hydrogen (secondary N) is 1. The number of amides is 1. The van der Waals surface area contributed by atoms with Crippen molar-refractivity contribution in [3.63, 3.8) is 0 Å². The van der Waals surface area contributed by atoms with Crippen molar-refractivity contribution in [2.24, 2.45) is 11.8 Å². The Bertz CT molecular complexity index is 236. The van der Waals surface area contributed by atoms with E-state index in [2.05, 4.69) is 17.1 Å². The van der Waals surface area contributed by atoms with Crippen molar-refractivity contribution < 1.29 is 4.79 Å². The molecule has 3 nitrogen and oxygen atoms in total. The van der Waals surface area contributed by atoms with Crippen molar-refractivity contribution in [2.45, 2.75) is 39.0 Å². The van der Waals surface area contributed by atoms with Crippen LogP contribution >= 0.6 is 0 Å². The molecule has 2 atom stereocenters. The first kappa shape index (κ1) is 11.9. The molecule has 1 N–H and O–H groups in total. The molecule has 2 unspecified atom stereocenters. The third-order valence-electron chi connectivity index (χ3n) is 4.08. The van der Waals surface area contributed by atoms with Crippen LogP contribution in [0.3, 0.4) is 0 Å². The minimum Gasteiger partial charge on any atom is -0.342 e. The predicted molar refractivity (Wildman–Crippen MR) is 65.2 cm³/mol. The summed E-state index contributed by atoms with van der Waals surface area (Å²) in [6.45, 7) is 6.51. The Morgan fingerprint density at radius 2 is 2.31 bits per heavy atom. The van der Waals surface area contributed by atoms with Crippen molar-refractivity contribution >= 4 is 5.91 Å². The molecule has 2 fully saturated rings. The van der Waals surface area contributed by atoms with Crippen molar-refractivity contribution in [3.05, 3.63) is 0 Å². The van der Waals surface area contributed by atoms with Crippen LogP contribution in [0.2, 0.25) is 0 Å². The van der Waals surface area contributed by atoms with Gasteiger partial charge in [-0.2, -0.15) is 0 Å². The fourth-order valence-electron chi connectivity index (χ4n) is 2.85. The Morgan fingerprint density at radius 1 is 1.44 bits per heavy atom. The lowest BCUT2D eigenvalue weighted by atomic mass is 9.96. The fourth-order valence-corrected chi connectivity index (χ4v) is 2.85. The Hall–Kier alpha value is -0.570. The zero-order valence-corrected chi connectivity index (χ0v) is 10.4. The molecular formula is C13H24N2O. The Morgan fingerprint density at radius 3 is 2.94 bits per heavy atom. The van der Waals surface area contributed by atoms with Crippen LogP contribution in [-0.2, 0) is 4.79 Å². The van der Waals surface area contributed by atoms with Gasteiger partial charge in [0.25, 0.3) is 0 Å². The molecule has 0 aromatic rings. The molecule has 2 aliphatic rings. The SMILES string of the molecule is CCC1CC(=O)N(CCC2CCCNC2)C1. The quantitative estimate of drug-likeness (QED) is 0.787. The van der Waals surface area contributed by atoms with Gasteiger partial charge in [0.05, 0.1) is 0 Å². The highest BCUT2D eigenvalue weighted by atomic mass is 16.2. The second-order valence-electron chi connectivity index (χ2n) is 5.32. The number of hydrogen-bond donors (Lipinski definition) is 1. The summed E-state index contributed by atoms with van der Waals surface area (Å²) in [7, 11) is 0. The minimum absolute atomic E-state index is 0.385. The zero-order valence-electron chi connectivity index (χ0n) is 10.4. The molecule has 2 rings (SSSR count). The Balaban J connectivity index is 1.71. The van der Waals surface area contributed by atoms with E-state index in [4.69, 9.17) is 0 Å². The normalized spacial score (nSPS) is 31.1. The lowest BCUT2D eigenvalue weighted by Gasteiger charge is -2.25. The minimum atomic E-state index is 0.385. The second-order valence-corrected chi connectivity index (χ2v) is 5.32. The number of piperidine rings is 1. The highest BCUT2D eigenvalue weighted by molar-refractivity contribution is 5.78. The van der Waals surface area contributed by atoms with Gasteiger partial charge in [-0.1, -0.05) is 13.3 Å². The largest absolute Gasteiger partial charge is 0.342 e. The van der Waals surface area contributed by atoms with Gasteiger partial charge in [-0.25, -0.2) is 0 Å². The number of carbonyl (C=O) groups excluding carboxylic acids is 1. The summed E-state index contributed by atoms with van der Waals surface area (Å²) in [5.41, 5.74) is 0. The number of hydrogen-bond acceptors (Lipinski definition) is 2. The number of nitrogens with zero attached hydrogens (tertiary/aromatic N) is 1. The maximum Gasteiger partial charge on any atom is 0.222 e. The van der Waals surface area contributed by atoms with Crippen LogP contribution in [-0.4, -0.2) is 37.0 Å². The molecule has 16 heavy (non-hydrogen) atoms. The molecule has 3 heteroatoms. The van der Waals surface area contributed by atoms with Crippen LogP contribution in [0.4, 0.5) is 0 Å². The highest BCUT2D eigenvalue weighted by Gasteiger charge is 2.28. The molecule has 0 radical (unpaired) electrons. The third kappa shape index (κ3) is 2.97. The smallest absolute Gasteiger partial charge is 0.222 e. The van der Waals surface area contributed by atoms with Gasteiger partial charge in [0, 0.05) is 19.5 Å². The summed E-state index contributed by atoms with van der Waals surface area (Å²) < 4.78 is 0. The molecule has 2 aliphatic heterocycles. The van der Waals surface area contributed by atoms with E-state index < -0.39 is 0 Å². The van der Waals surface area contributed by atoms with E-state index in [0.717, 1.165) is 38.4 Å². The summed E-state index contributed by atoms with van der Waals surface area (Å²) in [5.74, 6) is 1.80. The van der Waals surface area contributed by atoms with E-state index in [0.29, 0.717) is 11.8 Å². The summed E-state index contributed by atoms with van der Waals surface area (Å²) in [5, 5.41) is 3.44. The monoisotopic (exact) mass is 224 g/mol. The van der Waals surface area contributed by atoms with Gasteiger partial charge < -0.3 is 10.2 Å². The molecule has 2 saturated heterocycles. The number of likely N-dealkylation sites (tertiary alicyclic amines) is 1. The van der Waals surface area contributed by atoms with Gasteiger partial charge in [-0.15, -0.1) is 0 Å². The lowest BCUT2D eigenvalue weighted by Crippen LogP contribution is -2.33. The highest BCUT2D eigenvalue weighted by Crippen LogP contribution is 2.22. The molecule has 2 heterocycles. The van der Waals surface area contributed by atoms with Gasteiger partial charge >= 0.3 is 0 Å². The Labute approximate surface area is 98.6 Å². The topological polar surface area (TPSA) is 32.3 Å². The van der Waals surface area contributed by atoms with Crippen LogP contribution in [0.25, 0.3) is 0 Å². The van der Waals surface area contributed by atoms with E-state index >= 15 is 0 Å². The van der Waals surface area contributed by atoms with Gasteiger partial charge in [0.1, 0.15) is 0 Å². The van der Waals surface area contributed by atoms with Crippen LogP contribution in [0.15, 0.2) is 0 Å². The Kier molecular flexibility index (Phi) is 4.22. The number of carbonyl (C=O) groups is 1. The van der Waals surface area contributed by atoms with Gasteiger partial charge in [-0.3, -0.25) is 4.79 Å². The summed E-state index contributed by atoms with van der Waals surface area (Å²) in [6.07, 6.45) is 5.77. The molecule has 0 spiro atoms. The average Bonchev–Trinajstić information content (AvgIpc) is 2.69. The van der Waals surface area contributed by atoms with Crippen molar-refractivity contribution in [1.29, 1.82) is 0 Å². The molecule has 0 saturated carbocycles. The molecule has 92 valence electrons. The van der Waals surface area contributed by atoms with E-state index in [9.17, 15) is 4.79 Å². The van der Waals surface area contributed by atoms with Crippen molar-refractivity contribution in [3.8, 4) is 0 Å². The molecule has 1 amide bonds.